The van der Waals surface area contributed by atoms with E-state index < -0.39 is 5.97 Å². The maximum atomic E-state index is 12.3. The Kier molecular flexibility index (Phi) is 5.89. The number of nitrogens with one attached hydrogen (secondary N) is 2. The number of carboxylic acid groups (broad SMARTS) is 1. The normalized spacial score (nSPS) is 10.7. The molecule has 0 bridgehead atoms. The molecule has 1 aromatic carbocycles. The number of unbranched alkanes of at least 4 members (excludes halogenated alkanes) is 1. The SMILES string of the molecule is O=C(O)CCCCNC(=O)CCn1[nH]c(=O)c2ccccc2c1=O. The number of aryl methyl sites for hydroxylation is 1. The third-order valence-electron chi connectivity index (χ3n) is 3.59. The number of carbonyl (C=O) groups excluding carboxylic acids is 1. The summed E-state index contributed by atoms with van der Waals surface area (Å²) >= 11 is 0. The third kappa shape index (κ3) is 4.55. The van der Waals surface area contributed by atoms with E-state index in [-0.39, 0.29) is 36.4 Å². The zero-order valence-electron chi connectivity index (χ0n) is 13.1. The van der Waals surface area contributed by atoms with E-state index in [0.717, 1.165) is 4.68 Å². The van der Waals surface area contributed by atoms with Crippen LogP contribution in [0.15, 0.2) is 33.9 Å². The van der Waals surface area contributed by atoms with Crippen LogP contribution < -0.4 is 16.4 Å². The molecule has 24 heavy (non-hydrogen) atoms. The number of hydrogen-bond donors (Lipinski definition) is 3. The second-order valence-corrected chi connectivity index (χ2v) is 5.39. The van der Waals surface area contributed by atoms with Crippen molar-refractivity contribution in [2.45, 2.75) is 32.2 Å². The molecule has 0 aliphatic carbocycles. The number of fused-ring (bicyclic) bond motifs is 1. The monoisotopic (exact) mass is 333 g/mol. The van der Waals surface area contributed by atoms with E-state index in [2.05, 4.69) is 10.4 Å². The van der Waals surface area contributed by atoms with Gasteiger partial charge in [-0.2, -0.15) is 0 Å². The average molecular weight is 333 g/mol. The first-order chi connectivity index (χ1) is 11.5. The molecule has 8 heteroatoms. The molecule has 2 aromatic rings. The first-order valence-electron chi connectivity index (χ1n) is 7.69. The summed E-state index contributed by atoms with van der Waals surface area (Å²) in [7, 11) is 0. The van der Waals surface area contributed by atoms with Crippen LogP contribution in [0.2, 0.25) is 0 Å². The first kappa shape index (κ1) is 17.5. The minimum Gasteiger partial charge on any atom is -0.481 e. The molecular weight excluding hydrogens is 314 g/mol. The van der Waals surface area contributed by atoms with Crippen molar-refractivity contribution in [3.8, 4) is 0 Å². The molecule has 8 nitrogen and oxygen atoms in total. The number of nitrogens with zero attached hydrogens (tertiary/aromatic N) is 1. The van der Waals surface area contributed by atoms with Crippen LogP contribution in [0.3, 0.4) is 0 Å². The minimum atomic E-state index is -0.860. The molecular formula is C16H19N3O5. The molecule has 0 spiro atoms. The molecule has 1 aromatic heterocycles. The van der Waals surface area contributed by atoms with Gasteiger partial charge in [0.25, 0.3) is 11.1 Å². The van der Waals surface area contributed by atoms with Crippen molar-refractivity contribution in [1.82, 2.24) is 15.1 Å². The number of carbonyl (C=O) groups is 2. The van der Waals surface area contributed by atoms with E-state index in [1.54, 1.807) is 24.3 Å². The number of amides is 1. The molecule has 0 fully saturated rings. The van der Waals surface area contributed by atoms with Gasteiger partial charge in [0.05, 0.1) is 17.3 Å². The second kappa shape index (κ2) is 8.09. The number of H-pyrrole nitrogens is 1. The smallest absolute Gasteiger partial charge is 0.303 e. The van der Waals surface area contributed by atoms with Gasteiger partial charge in [-0.15, -0.1) is 0 Å². The highest BCUT2D eigenvalue weighted by Crippen LogP contribution is 2.02. The standard InChI is InChI=1S/C16H19N3O5/c20-13(17-9-4-3-7-14(21)22)8-10-19-16(24)12-6-2-1-5-11(12)15(23)18-19/h1-2,5-6H,3-4,7-10H2,(H,17,20)(H,18,23)(H,21,22). The van der Waals surface area contributed by atoms with Crippen LogP contribution in [0.1, 0.15) is 25.7 Å². The van der Waals surface area contributed by atoms with Crippen LogP contribution in [0.25, 0.3) is 10.8 Å². The highest BCUT2D eigenvalue weighted by Gasteiger charge is 2.08. The van der Waals surface area contributed by atoms with Crippen LogP contribution in [0, 0.1) is 0 Å². The summed E-state index contributed by atoms with van der Waals surface area (Å²) in [4.78, 5) is 46.3. The van der Waals surface area contributed by atoms with Gasteiger partial charge in [-0.3, -0.25) is 24.3 Å². The second-order valence-electron chi connectivity index (χ2n) is 5.39. The number of benzene rings is 1. The number of aromatic amines is 1. The molecule has 0 unspecified atom stereocenters. The minimum absolute atomic E-state index is 0.0487. The Morgan fingerprint density at radius 1 is 1.08 bits per heavy atom. The number of rotatable bonds is 8. The Bertz CT molecular complexity index is 853. The molecule has 1 heterocycles. The van der Waals surface area contributed by atoms with Gasteiger partial charge in [0.15, 0.2) is 0 Å². The average Bonchev–Trinajstić information content (AvgIpc) is 2.56. The van der Waals surface area contributed by atoms with Crippen LogP contribution in [-0.4, -0.2) is 33.3 Å². The molecule has 0 saturated heterocycles. The van der Waals surface area contributed by atoms with E-state index in [1.165, 1.54) is 0 Å². The van der Waals surface area contributed by atoms with Crippen molar-refractivity contribution in [2.24, 2.45) is 0 Å². The lowest BCUT2D eigenvalue weighted by atomic mass is 10.2. The van der Waals surface area contributed by atoms with E-state index in [1.807, 2.05) is 0 Å². The van der Waals surface area contributed by atoms with E-state index in [4.69, 9.17) is 5.11 Å². The van der Waals surface area contributed by atoms with Crippen molar-refractivity contribution in [1.29, 1.82) is 0 Å². The highest BCUT2D eigenvalue weighted by molar-refractivity contribution is 5.80. The lowest BCUT2D eigenvalue weighted by Gasteiger charge is -2.08. The maximum Gasteiger partial charge on any atom is 0.303 e. The summed E-state index contributed by atoms with van der Waals surface area (Å²) in [5.41, 5.74) is -0.723. The number of aliphatic carboxylic acids is 1. The van der Waals surface area contributed by atoms with Gasteiger partial charge in [0.2, 0.25) is 5.91 Å². The van der Waals surface area contributed by atoms with E-state index in [0.29, 0.717) is 30.2 Å². The summed E-state index contributed by atoms with van der Waals surface area (Å²) in [6, 6.07) is 6.51. The molecule has 128 valence electrons. The third-order valence-corrected chi connectivity index (χ3v) is 3.59. The lowest BCUT2D eigenvalue weighted by molar-refractivity contribution is -0.137. The zero-order valence-corrected chi connectivity index (χ0v) is 13.1. The Labute approximate surface area is 137 Å². The Morgan fingerprint density at radius 3 is 2.50 bits per heavy atom. The van der Waals surface area contributed by atoms with Crippen LogP contribution in [0.5, 0.6) is 0 Å². The van der Waals surface area contributed by atoms with Crippen molar-refractivity contribution in [2.75, 3.05) is 6.54 Å². The van der Waals surface area contributed by atoms with Gasteiger partial charge >= 0.3 is 5.97 Å². The molecule has 0 aliphatic heterocycles. The summed E-state index contributed by atoms with van der Waals surface area (Å²) < 4.78 is 1.13. The van der Waals surface area contributed by atoms with Crippen molar-refractivity contribution < 1.29 is 14.7 Å². The fourth-order valence-corrected chi connectivity index (χ4v) is 2.33. The summed E-state index contributed by atoms with van der Waals surface area (Å²) in [6.45, 7) is 0.453. The summed E-state index contributed by atoms with van der Waals surface area (Å²) in [5, 5.41) is 14.3. The molecule has 0 radical (unpaired) electrons. The van der Waals surface area contributed by atoms with Gasteiger partial charge in [-0.1, -0.05) is 12.1 Å². The number of aromatic nitrogens is 2. The van der Waals surface area contributed by atoms with Crippen LogP contribution >= 0.6 is 0 Å². The Morgan fingerprint density at radius 2 is 1.79 bits per heavy atom. The molecule has 1 amide bonds. The zero-order chi connectivity index (χ0) is 17.5. The van der Waals surface area contributed by atoms with Gasteiger partial charge in [0.1, 0.15) is 0 Å². The van der Waals surface area contributed by atoms with Crippen molar-refractivity contribution in [3.05, 3.63) is 45.0 Å². The quantitative estimate of drug-likeness (QED) is 0.606. The fraction of sp³-hybridized carbons (Fsp3) is 0.375. The predicted molar refractivity (Wildman–Crippen MR) is 87.9 cm³/mol. The first-order valence-corrected chi connectivity index (χ1v) is 7.69. The van der Waals surface area contributed by atoms with Crippen LogP contribution in [-0.2, 0) is 16.1 Å². The highest BCUT2D eigenvalue weighted by atomic mass is 16.4. The Hall–Kier alpha value is -2.90. The predicted octanol–water partition coefficient (Wildman–Crippen LogP) is 0.451. The fourth-order valence-electron chi connectivity index (χ4n) is 2.33. The molecule has 2 rings (SSSR count). The number of carboxylic acids is 1. The van der Waals surface area contributed by atoms with Gasteiger partial charge in [-0.25, -0.2) is 4.68 Å². The molecule has 3 N–H and O–H groups in total. The van der Waals surface area contributed by atoms with Gasteiger partial charge < -0.3 is 10.4 Å². The molecule has 0 atom stereocenters. The summed E-state index contributed by atoms with van der Waals surface area (Å²) in [6.07, 6.45) is 1.19. The van der Waals surface area contributed by atoms with Gasteiger partial charge in [0, 0.05) is 19.4 Å². The largest absolute Gasteiger partial charge is 0.481 e. The molecule has 0 saturated carbocycles. The lowest BCUT2D eigenvalue weighted by Crippen LogP contribution is -2.32. The van der Waals surface area contributed by atoms with E-state index >= 15 is 0 Å². The van der Waals surface area contributed by atoms with Crippen LogP contribution in [0.4, 0.5) is 0 Å². The van der Waals surface area contributed by atoms with Crippen molar-refractivity contribution >= 4 is 22.6 Å². The maximum absolute atomic E-state index is 12.3. The topological polar surface area (TPSA) is 121 Å². The van der Waals surface area contributed by atoms with E-state index in [9.17, 15) is 19.2 Å². The van der Waals surface area contributed by atoms with Crippen molar-refractivity contribution in [3.63, 3.8) is 0 Å². The van der Waals surface area contributed by atoms with Gasteiger partial charge in [-0.05, 0) is 25.0 Å². The Balaban J connectivity index is 1.90. The summed E-state index contributed by atoms with van der Waals surface area (Å²) in [5.74, 6) is -1.12. The number of hydrogen-bond acceptors (Lipinski definition) is 4. The molecule has 0 aliphatic rings.